The molecule has 0 aliphatic carbocycles. The maximum Gasteiger partial charge on any atom is 0.251 e. The van der Waals surface area contributed by atoms with E-state index in [9.17, 15) is 15.0 Å². The molecule has 5 unspecified atom stereocenters. The summed E-state index contributed by atoms with van der Waals surface area (Å²) in [4.78, 5) is 14.7. The highest BCUT2D eigenvalue weighted by molar-refractivity contribution is 5.94. The molecule has 2 fully saturated rings. The molecule has 0 saturated carbocycles. The van der Waals surface area contributed by atoms with E-state index < -0.39 is 6.29 Å². The first-order chi connectivity index (χ1) is 18.5. The molecule has 7 nitrogen and oxygen atoms in total. The van der Waals surface area contributed by atoms with Crippen molar-refractivity contribution in [1.29, 1.82) is 0 Å². The molecular weight excluding hydrogens is 480 g/mol. The number of ether oxygens (including phenoxy) is 2. The topological polar surface area (TPSA) is 91.3 Å². The second-order valence-electron chi connectivity index (χ2n) is 10.3. The van der Waals surface area contributed by atoms with E-state index in [1.807, 2.05) is 66.7 Å². The van der Waals surface area contributed by atoms with Crippen molar-refractivity contribution >= 4 is 5.91 Å². The number of carbonyl (C=O) groups excluding carboxylic acids is 1. The van der Waals surface area contributed by atoms with Crippen molar-refractivity contribution in [3.05, 3.63) is 107 Å². The third-order valence-corrected chi connectivity index (χ3v) is 7.55. The molecule has 0 radical (unpaired) electrons. The van der Waals surface area contributed by atoms with Crippen molar-refractivity contribution in [3.8, 4) is 0 Å². The van der Waals surface area contributed by atoms with Crippen molar-refractivity contribution < 1.29 is 24.5 Å². The molecule has 200 valence electrons. The lowest BCUT2D eigenvalue weighted by atomic mass is 9.90. The van der Waals surface area contributed by atoms with Gasteiger partial charge in [0.1, 0.15) is 0 Å². The predicted octanol–water partition coefficient (Wildman–Crippen LogP) is 3.97. The summed E-state index contributed by atoms with van der Waals surface area (Å²) in [6, 6.07) is 25.0. The first-order valence-electron chi connectivity index (χ1n) is 13.3. The molecule has 2 aliphatic heterocycles. The first-order valence-corrected chi connectivity index (χ1v) is 13.3. The van der Waals surface area contributed by atoms with Gasteiger partial charge >= 0.3 is 0 Å². The molecule has 5 atom stereocenters. The monoisotopic (exact) mass is 516 g/mol. The number of aliphatic hydroxyl groups excluding tert-OH is 2. The second-order valence-corrected chi connectivity index (χ2v) is 10.3. The lowest BCUT2D eigenvalue weighted by molar-refractivity contribution is -0.276. The Morgan fingerprint density at radius 1 is 0.947 bits per heavy atom. The molecule has 3 N–H and O–H groups in total. The molecule has 3 aromatic carbocycles. The number of likely N-dealkylation sites (tertiary alicyclic amines) is 1. The quantitative estimate of drug-likeness (QED) is 0.420. The van der Waals surface area contributed by atoms with Crippen LogP contribution in [0.15, 0.2) is 78.9 Å². The van der Waals surface area contributed by atoms with Gasteiger partial charge in [0.05, 0.1) is 24.9 Å². The average Bonchev–Trinajstić information content (AvgIpc) is 3.38. The summed E-state index contributed by atoms with van der Waals surface area (Å²) in [5.41, 5.74) is 4.45. The van der Waals surface area contributed by atoms with Gasteiger partial charge < -0.3 is 25.0 Å². The third-order valence-electron chi connectivity index (χ3n) is 7.55. The van der Waals surface area contributed by atoms with E-state index in [1.54, 1.807) is 12.1 Å². The molecule has 7 heteroatoms. The molecule has 0 bridgehead atoms. The van der Waals surface area contributed by atoms with E-state index in [0.717, 1.165) is 41.8 Å². The number of hydrogen-bond acceptors (Lipinski definition) is 6. The smallest absolute Gasteiger partial charge is 0.251 e. The minimum absolute atomic E-state index is 0.00512. The molecule has 2 saturated heterocycles. The zero-order valence-electron chi connectivity index (χ0n) is 21.7. The fourth-order valence-corrected chi connectivity index (χ4v) is 5.23. The minimum atomic E-state index is -0.542. The Kier molecular flexibility index (Phi) is 8.51. The molecular formula is C31H36N2O5. The molecule has 2 heterocycles. The molecule has 0 aromatic heterocycles. The van der Waals surface area contributed by atoms with Crippen LogP contribution in [0, 0.1) is 5.92 Å². The molecule has 1 amide bonds. The van der Waals surface area contributed by atoms with Crippen LogP contribution in [0.4, 0.5) is 0 Å². The van der Waals surface area contributed by atoms with Crippen molar-refractivity contribution in [2.24, 2.45) is 5.92 Å². The number of benzene rings is 3. The van der Waals surface area contributed by atoms with Crippen LogP contribution < -0.4 is 5.32 Å². The summed E-state index contributed by atoms with van der Waals surface area (Å²) in [5.74, 6) is -0.0102. The highest BCUT2D eigenvalue weighted by Crippen LogP contribution is 2.42. The highest BCUT2D eigenvalue weighted by atomic mass is 16.7. The van der Waals surface area contributed by atoms with E-state index in [2.05, 4.69) is 17.1 Å². The first kappa shape index (κ1) is 26.5. The van der Waals surface area contributed by atoms with Crippen LogP contribution in [0.5, 0.6) is 0 Å². The highest BCUT2D eigenvalue weighted by Gasteiger charge is 2.39. The van der Waals surface area contributed by atoms with E-state index in [1.165, 1.54) is 0 Å². The number of aliphatic hydroxyl groups is 2. The number of nitrogens with zero attached hydrogens (tertiary/aromatic N) is 1. The maximum atomic E-state index is 12.4. The fraction of sp³-hybridized carbons (Fsp3) is 0.387. The molecule has 0 spiro atoms. The Bertz CT molecular complexity index is 1190. The van der Waals surface area contributed by atoms with Crippen molar-refractivity contribution in [3.63, 3.8) is 0 Å². The average molecular weight is 517 g/mol. The normalized spacial score (nSPS) is 25.8. The summed E-state index contributed by atoms with van der Waals surface area (Å²) in [7, 11) is 0. The van der Waals surface area contributed by atoms with Crippen LogP contribution in [0.25, 0.3) is 0 Å². The van der Waals surface area contributed by atoms with Gasteiger partial charge in [0, 0.05) is 43.2 Å². The van der Waals surface area contributed by atoms with Crippen LogP contribution in [0.2, 0.25) is 0 Å². The Morgan fingerprint density at radius 2 is 1.63 bits per heavy atom. The van der Waals surface area contributed by atoms with Gasteiger partial charge in [-0.3, -0.25) is 9.69 Å². The number of rotatable bonds is 8. The van der Waals surface area contributed by atoms with E-state index in [-0.39, 0.29) is 36.7 Å². The van der Waals surface area contributed by atoms with Crippen molar-refractivity contribution in [2.75, 3.05) is 19.6 Å². The second kappa shape index (κ2) is 12.2. The van der Waals surface area contributed by atoms with Gasteiger partial charge in [0.25, 0.3) is 5.91 Å². The summed E-state index contributed by atoms with van der Waals surface area (Å²) in [6.45, 7) is 4.83. The largest absolute Gasteiger partial charge is 0.392 e. The van der Waals surface area contributed by atoms with Crippen molar-refractivity contribution in [2.45, 2.75) is 51.1 Å². The van der Waals surface area contributed by atoms with Crippen LogP contribution in [-0.2, 0) is 22.6 Å². The summed E-state index contributed by atoms with van der Waals surface area (Å²) in [5, 5.41) is 22.4. The maximum absolute atomic E-state index is 12.4. The predicted molar refractivity (Wildman–Crippen MR) is 144 cm³/mol. The van der Waals surface area contributed by atoms with E-state index >= 15 is 0 Å². The van der Waals surface area contributed by atoms with Gasteiger partial charge in [-0.05, 0) is 35.2 Å². The molecule has 38 heavy (non-hydrogen) atoms. The van der Waals surface area contributed by atoms with Gasteiger partial charge in [-0.2, -0.15) is 0 Å². The standard InChI is InChI=1S/C31H36N2O5/c1-21-28(19-33-16-15-27(35)18-33)37-31(38-29(21)24-11-9-23(20-34)10-12-24)26-13-7-22(8-14-26)17-32-30(36)25-5-3-2-4-6-25/h2-14,21,27-29,31,34-35H,15-20H2,1H3,(H,32,36). The molecule has 3 aromatic rings. The fourth-order valence-electron chi connectivity index (χ4n) is 5.23. The Labute approximate surface area is 224 Å². The Balaban J connectivity index is 1.30. The number of β-amino-alcohol motifs (C(OH)–C–C–N with tert-alkyl or cyclic N) is 1. The lowest BCUT2D eigenvalue weighted by Gasteiger charge is -2.42. The number of amides is 1. The van der Waals surface area contributed by atoms with Crippen LogP contribution in [0.3, 0.4) is 0 Å². The van der Waals surface area contributed by atoms with E-state index in [4.69, 9.17) is 9.47 Å². The van der Waals surface area contributed by atoms with E-state index in [0.29, 0.717) is 18.7 Å². The van der Waals surface area contributed by atoms with Crippen molar-refractivity contribution in [1.82, 2.24) is 10.2 Å². The minimum Gasteiger partial charge on any atom is -0.392 e. The zero-order chi connectivity index (χ0) is 26.5. The summed E-state index contributed by atoms with van der Waals surface area (Å²) in [6.07, 6.45) is -0.290. The number of carbonyl (C=O) groups is 1. The Morgan fingerprint density at radius 3 is 2.29 bits per heavy atom. The number of hydrogen-bond donors (Lipinski definition) is 3. The van der Waals surface area contributed by atoms with Crippen LogP contribution in [-0.4, -0.2) is 52.9 Å². The molecule has 2 aliphatic rings. The zero-order valence-corrected chi connectivity index (χ0v) is 21.7. The summed E-state index contributed by atoms with van der Waals surface area (Å²) < 4.78 is 13.1. The third kappa shape index (κ3) is 6.31. The van der Waals surface area contributed by atoms with Crippen LogP contribution in [0.1, 0.15) is 58.4 Å². The van der Waals surface area contributed by atoms with Gasteiger partial charge in [0.2, 0.25) is 0 Å². The van der Waals surface area contributed by atoms with Crippen LogP contribution >= 0.6 is 0 Å². The SMILES string of the molecule is CC1C(CN2CCC(O)C2)OC(c2ccc(CNC(=O)c3ccccc3)cc2)OC1c1ccc(CO)cc1. The molecule has 5 rings (SSSR count). The van der Waals surface area contributed by atoms with Gasteiger partial charge in [0.15, 0.2) is 6.29 Å². The lowest BCUT2D eigenvalue weighted by Crippen LogP contribution is -2.44. The number of nitrogens with one attached hydrogen (secondary N) is 1. The van der Waals surface area contributed by atoms with Gasteiger partial charge in [-0.1, -0.05) is 73.7 Å². The summed E-state index contributed by atoms with van der Waals surface area (Å²) >= 11 is 0. The van der Waals surface area contributed by atoms with Gasteiger partial charge in [-0.25, -0.2) is 0 Å². The Hall–Kier alpha value is -3.07. The van der Waals surface area contributed by atoms with Gasteiger partial charge in [-0.15, -0.1) is 0 Å².